The van der Waals surface area contributed by atoms with E-state index >= 15 is 0 Å². The van der Waals surface area contributed by atoms with E-state index < -0.39 is 0 Å². The molecule has 0 spiro atoms. The summed E-state index contributed by atoms with van der Waals surface area (Å²) in [7, 11) is 0. The minimum Gasteiger partial charge on any atom is -0.375 e. The number of rotatable bonds is 4. The second-order valence-corrected chi connectivity index (χ2v) is 4.47. The molecule has 0 saturated heterocycles. The van der Waals surface area contributed by atoms with Gasteiger partial charge < -0.3 is 5.73 Å². The molecule has 2 heterocycles. The summed E-state index contributed by atoms with van der Waals surface area (Å²) in [4.78, 5) is 4.19. The van der Waals surface area contributed by atoms with Crippen LogP contribution in [0.15, 0.2) is 18.0 Å². The van der Waals surface area contributed by atoms with Gasteiger partial charge in [0.1, 0.15) is 5.82 Å². The standard InChI is InChI=1S/C9H11N5S2/c1-2-3-14-7(12-13-9(14)15)4-6-5-16-8(10)11-6/h2,5H,1,3-4H2,(H2,10,11)(H,13,15). The van der Waals surface area contributed by atoms with Crippen LogP contribution in [0.1, 0.15) is 11.5 Å². The van der Waals surface area contributed by atoms with Crippen molar-refractivity contribution >= 4 is 28.7 Å². The Morgan fingerprint density at radius 3 is 3.12 bits per heavy atom. The van der Waals surface area contributed by atoms with Gasteiger partial charge in [0.15, 0.2) is 9.90 Å². The minimum absolute atomic E-state index is 0.569. The molecule has 0 bridgehead atoms. The smallest absolute Gasteiger partial charge is 0.195 e. The van der Waals surface area contributed by atoms with Crippen LogP contribution < -0.4 is 5.73 Å². The van der Waals surface area contributed by atoms with Crippen LogP contribution in [0.4, 0.5) is 5.13 Å². The fourth-order valence-corrected chi connectivity index (χ4v) is 2.16. The molecular weight excluding hydrogens is 242 g/mol. The highest BCUT2D eigenvalue weighted by Gasteiger charge is 2.08. The zero-order valence-electron chi connectivity index (χ0n) is 8.51. The first-order valence-electron chi connectivity index (χ1n) is 4.65. The molecule has 2 rings (SSSR count). The number of nitrogen functional groups attached to an aromatic ring is 1. The van der Waals surface area contributed by atoms with Crippen LogP contribution >= 0.6 is 23.6 Å². The van der Waals surface area contributed by atoms with Crippen LogP contribution in [0.25, 0.3) is 0 Å². The van der Waals surface area contributed by atoms with Gasteiger partial charge in [0.05, 0.1) is 12.1 Å². The Bertz CT molecular complexity index is 550. The number of hydrogen-bond acceptors (Lipinski definition) is 5. The molecule has 7 heteroatoms. The second-order valence-electron chi connectivity index (χ2n) is 3.20. The Labute approximate surface area is 102 Å². The van der Waals surface area contributed by atoms with Crippen LogP contribution in [0, 0.1) is 4.77 Å². The average Bonchev–Trinajstić information content (AvgIpc) is 2.79. The van der Waals surface area contributed by atoms with Crippen LogP contribution in [0.2, 0.25) is 0 Å². The highest BCUT2D eigenvalue weighted by molar-refractivity contribution is 7.71. The summed E-state index contributed by atoms with van der Waals surface area (Å²) in [5.74, 6) is 0.843. The molecule has 0 aliphatic heterocycles. The van der Waals surface area contributed by atoms with Crippen molar-refractivity contribution in [3.63, 3.8) is 0 Å². The third-order valence-corrected chi connectivity index (χ3v) is 3.09. The van der Waals surface area contributed by atoms with Crippen molar-refractivity contribution in [2.75, 3.05) is 5.73 Å². The molecule has 0 amide bonds. The van der Waals surface area contributed by atoms with Crippen molar-refractivity contribution in [2.45, 2.75) is 13.0 Å². The Morgan fingerprint density at radius 1 is 1.69 bits per heavy atom. The van der Waals surface area contributed by atoms with Crippen LogP contribution in [0.5, 0.6) is 0 Å². The summed E-state index contributed by atoms with van der Waals surface area (Å²) in [6, 6.07) is 0. The first kappa shape index (κ1) is 11.0. The normalized spacial score (nSPS) is 10.5. The molecule has 16 heavy (non-hydrogen) atoms. The first-order valence-corrected chi connectivity index (χ1v) is 5.94. The number of H-pyrrole nitrogens is 1. The van der Waals surface area contributed by atoms with Gasteiger partial charge >= 0.3 is 0 Å². The fourth-order valence-electron chi connectivity index (χ4n) is 1.37. The van der Waals surface area contributed by atoms with Gasteiger partial charge in [-0.05, 0) is 12.2 Å². The Balaban J connectivity index is 2.27. The summed E-state index contributed by atoms with van der Waals surface area (Å²) >= 11 is 6.54. The van der Waals surface area contributed by atoms with Gasteiger partial charge in [-0.25, -0.2) is 4.98 Å². The number of nitrogens with one attached hydrogen (secondary N) is 1. The van der Waals surface area contributed by atoms with E-state index in [2.05, 4.69) is 21.8 Å². The lowest BCUT2D eigenvalue weighted by molar-refractivity contribution is 0.745. The van der Waals surface area contributed by atoms with E-state index in [1.807, 2.05) is 9.95 Å². The van der Waals surface area contributed by atoms with Gasteiger partial charge in [0.2, 0.25) is 0 Å². The van der Waals surface area contributed by atoms with Crippen molar-refractivity contribution < 1.29 is 0 Å². The van der Waals surface area contributed by atoms with Crippen LogP contribution in [-0.4, -0.2) is 19.7 Å². The highest BCUT2D eigenvalue weighted by Crippen LogP contribution is 2.14. The maximum atomic E-state index is 5.57. The molecule has 0 fully saturated rings. The van der Waals surface area contributed by atoms with E-state index in [9.17, 15) is 0 Å². The van der Waals surface area contributed by atoms with Gasteiger partial charge in [-0.15, -0.1) is 17.9 Å². The third kappa shape index (κ3) is 2.20. The van der Waals surface area contributed by atoms with Crippen molar-refractivity contribution in [2.24, 2.45) is 0 Å². The summed E-state index contributed by atoms with van der Waals surface area (Å²) in [5, 5.41) is 9.41. The summed E-state index contributed by atoms with van der Waals surface area (Å²) in [5.41, 5.74) is 6.47. The zero-order valence-corrected chi connectivity index (χ0v) is 10.1. The lowest BCUT2D eigenvalue weighted by atomic mass is 10.3. The lowest BCUT2D eigenvalue weighted by Crippen LogP contribution is -2.03. The van der Waals surface area contributed by atoms with E-state index in [1.54, 1.807) is 6.08 Å². The molecule has 3 N–H and O–H groups in total. The number of aromatic nitrogens is 4. The van der Waals surface area contributed by atoms with Crippen molar-refractivity contribution in [3.05, 3.63) is 34.3 Å². The molecular formula is C9H11N5S2. The molecule has 2 aromatic heterocycles. The Kier molecular flexibility index (Phi) is 3.16. The molecule has 0 radical (unpaired) electrons. The number of nitrogens with zero attached hydrogens (tertiary/aromatic N) is 3. The van der Waals surface area contributed by atoms with Crippen molar-refractivity contribution in [3.8, 4) is 0 Å². The van der Waals surface area contributed by atoms with Gasteiger partial charge in [-0.2, -0.15) is 5.10 Å². The maximum Gasteiger partial charge on any atom is 0.195 e. The SMILES string of the molecule is C=CCn1c(Cc2csc(N)n2)n[nH]c1=S. The van der Waals surface area contributed by atoms with Gasteiger partial charge in [0.25, 0.3) is 0 Å². The molecule has 0 unspecified atom stereocenters. The molecule has 0 aromatic carbocycles. The van der Waals surface area contributed by atoms with E-state index in [0.29, 0.717) is 22.9 Å². The highest BCUT2D eigenvalue weighted by atomic mass is 32.1. The quantitative estimate of drug-likeness (QED) is 0.643. The summed E-state index contributed by atoms with van der Waals surface area (Å²) < 4.78 is 2.48. The minimum atomic E-state index is 0.569. The third-order valence-electron chi connectivity index (χ3n) is 2.06. The van der Waals surface area contributed by atoms with E-state index in [-0.39, 0.29) is 0 Å². The molecule has 2 aromatic rings. The number of anilines is 1. The largest absolute Gasteiger partial charge is 0.375 e. The van der Waals surface area contributed by atoms with Crippen molar-refractivity contribution in [1.29, 1.82) is 0 Å². The monoisotopic (exact) mass is 253 g/mol. The zero-order chi connectivity index (χ0) is 11.5. The number of aromatic amines is 1. The maximum absolute atomic E-state index is 5.57. The Hall–Kier alpha value is -1.47. The van der Waals surface area contributed by atoms with Gasteiger partial charge in [0, 0.05) is 11.9 Å². The van der Waals surface area contributed by atoms with Gasteiger partial charge in [-0.1, -0.05) is 6.08 Å². The molecule has 84 valence electrons. The van der Waals surface area contributed by atoms with E-state index in [4.69, 9.17) is 18.0 Å². The lowest BCUT2D eigenvalue weighted by Gasteiger charge is -2.01. The summed E-state index contributed by atoms with van der Waals surface area (Å²) in [6.07, 6.45) is 2.40. The number of allylic oxidation sites excluding steroid dienone is 1. The molecule has 0 atom stereocenters. The van der Waals surface area contributed by atoms with E-state index in [0.717, 1.165) is 11.5 Å². The predicted octanol–water partition coefficient (Wildman–Crippen LogP) is 1.76. The molecule has 0 saturated carbocycles. The topological polar surface area (TPSA) is 72.5 Å². The van der Waals surface area contributed by atoms with Crippen molar-refractivity contribution in [1.82, 2.24) is 19.7 Å². The Morgan fingerprint density at radius 2 is 2.50 bits per heavy atom. The van der Waals surface area contributed by atoms with E-state index in [1.165, 1.54) is 11.3 Å². The van der Waals surface area contributed by atoms with Crippen LogP contribution in [-0.2, 0) is 13.0 Å². The molecule has 5 nitrogen and oxygen atoms in total. The first-order chi connectivity index (χ1) is 7.70. The second kappa shape index (κ2) is 4.58. The molecule has 0 aliphatic carbocycles. The van der Waals surface area contributed by atoms with Gasteiger partial charge in [-0.3, -0.25) is 9.67 Å². The average molecular weight is 253 g/mol. The predicted molar refractivity (Wildman–Crippen MR) is 66.9 cm³/mol. The fraction of sp³-hybridized carbons (Fsp3) is 0.222. The van der Waals surface area contributed by atoms with Crippen LogP contribution in [0.3, 0.4) is 0 Å². The number of thiazole rings is 1. The molecule has 0 aliphatic rings. The summed E-state index contributed by atoms with van der Waals surface area (Å²) in [6.45, 7) is 4.33. The number of hydrogen-bond donors (Lipinski definition) is 2. The number of nitrogens with two attached hydrogens (primary N) is 1.